The lowest BCUT2D eigenvalue weighted by atomic mass is 10.1. The van der Waals surface area contributed by atoms with E-state index in [1.54, 1.807) is 0 Å². The average Bonchev–Trinajstić information content (AvgIpc) is 2.46. The van der Waals surface area contributed by atoms with Gasteiger partial charge in [0, 0.05) is 24.3 Å². The van der Waals surface area contributed by atoms with Gasteiger partial charge in [0.05, 0.1) is 0 Å². The number of hydrogen-bond donors (Lipinski definition) is 2. The summed E-state index contributed by atoms with van der Waals surface area (Å²) in [5.74, 6) is 0.121. The van der Waals surface area contributed by atoms with Crippen LogP contribution in [-0.2, 0) is 6.54 Å². The van der Waals surface area contributed by atoms with Crippen molar-refractivity contribution in [3.8, 4) is 0 Å². The Morgan fingerprint density at radius 1 is 1.15 bits per heavy atom. The summed E-state index contributed by atoms with van der Waals surface area (Å²) >= 11 is 0. The molecule has 0 atom stereocenters. The van der Waals surface area contributed by atoms with Gasteiger partial charge >= 0.3 is 0 Å². The third-order valence-corrected chi connectivity index (χ3v) is 3.38. The van der Waals surface area contributed by atoms with E-state index < -0.39 is 0 Å². The molecule has 0 heterocycles. The zero-order chi connectivity index (χ0) is 14.5. The number of aryl methyl sites for hydroxylation is 1. The largest absolute Gasteiger partial charge is 0.384 e. The SMILES string of the molecule is CCN(Cc1ccccc1)c1ccc(C)cc1C(=N)N. The minimum atomic E-state index is 0.121. The van der Waals surface area contributed by atoms with Crippen LogP contribution in [0.15, 0.2) is 48.5 Å². The zero-order valence-corrected chi connectivity index (χ0v) is 12.1. The van der Waals surface area contributed by atoms with Crippen LogP contribution in [0.5, 0.6) is 0 Å². The lowest BCUT2D eigenvalue weighted by Gasteiger charge is -2.26. The number of amidine groups is 1. The second kappa shape index (κ2) is 6.24. The van der Waals surface area contributed by atoms with Gasteiger partial charge in [-0.25, -0.2) is 0 Å². The van der Waals surface area contributed by atoms with Crippen LogP contribution >= 0.6 is 0 Å². The van der Waals surface area contributed by atoms with E-state index in [-0.39, 0.29) is 5.84 Å². The Labute approximate surface area is 120 Å². The Bertz CT molecular complexity index is 590. The van der Waals surface area contributed by atoms with Crippen LogP contribution in [-0.4, -0.2) is 12.4 Å². The fourth-order valence-corrected chi connectivity index (χ4v) is 2.31. The standard InChI is InChI=1S/C17H21N3/c1-3-20(12-14-7-5-4-6-8-14)16-10-9-13(2)11-15(16)17(18)19/h4-11H,3,12H2,1-2H3,(H3,18,19). The lowest BCUT2D eigenvalue weighted by molar-refractivity contribution is 0.830. The van der Waals surface area contributed by atoms with Gasteiger partial charge in [-0.2, -0.15) is 0 Å². The van der Waals surface area contributed by atoms with Gasteiger partial charge in [-0.05, 0) is 31.5 Å². The van der Waals surface area contributed by atoms with Gasteiger partial charge in [-0.1, -0.05) is 42.0 Å². The molecule has 3 N–H and O–H groups in total. The molecule has 0 aliphatic rings. The Morgan fingerprint density at radius 2 is 1.85 bits per heavy atom. The number of benzene rings is 2. The van der Waals surface area contributed by atoms with Gasteiger partial charge in [0.1, 0.15) is 5.84 Å². The molecule has 3 nitrogen and oxygen atoms in total. The quantitative estimate of drug-likeness (QED) is 0.645. The molecule has 0 saturated heterocycles. The molecule has 0 aromatic heterocycles. The molecular formula is C17H21N3. The highest BCUT2D eigenvalue weighted by Crippen LogP contribution is 2.23. The Morgan fingerprint density at radius 3 is 2.45 bits per heavy atom. The van der Waals surface area contributed by atoms with E-state index in [0.717, 1.165) is 29.9 Å². The number of hydrogen-bond acceptors (Lipinski definition) is 2. The lowest BCUT2D eigenvalue weighted by Crippen LogP contribution is -2.25. The first-order valence-corrected chi connectivity index (χ1v) is 6.85. The minimum Gasteiger partial charge on any atom is -0.384 e. The molecule has 0 saturated carbocycles. The molecule has 0 aliphatic carbocycles. The summed E-state index contributed by atoms with van der Waals surface area (Å²) < 4.78 is 0. The Balaban J connectivity index is 2.34. The molecule has 2 rings (SSSR count). The molecule has 0 unspecified atom stereocenters. The predicted molar refractivity (Wildman–Crippen MR) is 85.4 cm³/mol. The second-order valence-electron chi connectivity index (χ2n) is 4.93. The number of nitrogens with one attached hydrogen (secondary N) is 1. The number of nitrogens with zero attached hydrogens (tertiary/aromatic N) is 1. The molecule has 3 heteroatoms. The molecule has 0 aliphatic heterocycles. The highest BCUT2D eigenvalue weighted by Gasteiger charge is 2.12. The first-order chi connectivity index (χ1) is 9.61. The van der Waals surface area contributed by atoms with Gasteiger partial charge < -0.3 is 10.6 Å². The van der Waals surface area contributed by atoms with Crippen molar-refractivity contribution in [1.82, 2.24) is 0 Å². The molecule has 2 aromatic carbocycles. The van der Waals surface area contributed by atoms with Crippen molar-refractivity contribution >= 4 is 11.5 Å². The van der Waals surface area contributed by atoms with Crippen molar-refractivity contribution < 1.29 is 0 Å². The molecule has 2 aromatic rings. The number of nitrogen functional groups attached to an aromatic ring is 1. The average molecular weight is 267 g/mol. The molecule has 20 heavy (non-hydrogen) atoms. The van der Waals surface area contributed by atoms with Crippen LogP contribution in [0.25, 0.3) is 0 Å². The molecule has 0 bridgehead atoms. The van der Waals surface area contributed by atoms with E-state index in [0.29, 0.717) is 0 Å². The van der Waals surface area contributed by atoms with Crippen molar-refractivity contribution in [1.29, 1.82) is 5.41 Å². The fourth-order valence-electron chi connectivity index (χ4n) is 2.31. The van der Waals surface area contributed by atoms with Crippen LogP contribution in [0.4, 0.5) is 5.69 Å². The van der Waals surface area contributed by atoms with Gasteiger partial charge in [0.15, 0.2) is 0 Å². The maximum absolute atomic E-state index is 7.77. The van der Waals surface area contributed by atoms with Gasteiger partial charge in [0.2, 0.25) is 0 Å². The fraction of sp³-hybridized carbons (Fsp3) is 0.235. The topological polar surface area (TPSA) is 53.1 Å². The summed E-state index contributed by atoms with van der Waals surface area (Å²) in [5.41, 5.74) is 9.93. The molecule has 0 radical (unpaired) electrons. The van der Waals surface area contributed by atoms with E-state index in [1.807, 2.05) is 31.2 Å². The molecular weight excluding hydrogens is 246 g/mol. The van der Waals surface area contributed by atoms with Gasteiger partial charge in [0.25, 0.3) is 0 Å². The summed E-state index contributed by atoms with van der Waals surface area (Å²) in [7, 11) is 0. The first-order valence-electron chi connectivity index (χ1n) is 6.85. The van der Waals surface area contributed by atoms with Crippen LogP contribution in [0.1, 0.15) is 23.6 Å². The number of nitrogens with two attached hydrogens (primary N) is 1. The summed E-state index contributed by atoms with van der Waals surface area (Å²) in [5, 5.41) is 7.77. The second-order valence-corrected chi connectivity index (χ2v) is 4.93. The van der Waals surface area contributed by atoms with Crippen LogP contribution in [0, 0.1) is 12.3 Å². The summed E-state index contributed by atoms with van der Waals surface area (Å²) in [6.07, 6.45) is 0. The zero-order valence-electron chi connectivity index (χ0n) is 12.1. The van der Waals surface area contributed by atoms with Gasteiger partial charge in [-0.3, -0.25) is 5.41 Å². The normalized spacial score (nSPS) is 10.3. The summed E-state index contributed by atoms with van der Waals surface area (Å²) in [4.78, 5) is 2.24. The van der Waals surface area contributed by atoms with Gasteiger partial charge in [-0.15, -0.1) is 0 Å². The molecule has 0 spiro atoms. The van der Waals surface area contributed by atoms with E-state index >= 15 is 0 Å². The predicted octanol–water partition coefficient (Wildman–Crippen LogP) is 3.31. The van der Waals surface area contributed by atoms with Crippen molar-refractivity contribution in [2.45, 2.75) is 20.4 Å². The van der Waals surface area contributed by atoms with Crippen LogP contribution in [0.2, 0.25) is 0 Å². The number of rotatable bonds is 5. The van der Waals surface area contributed by atoms with Crippen LogP contribution in [0.3, 0.4) is 0 Å². The highest BCUT2D eigenvalue weighted by molar-refractivity contribution is 6.00. The van der Waals surface area contributed by atoms with Crippen LogP contribution < -0.4 is 10.6 Å². The van der Waals surface area contributed by atoms with Crippen molar-refractivity contribution in [3.05, 3.63) is 65.2 Å². The minimum absolute atomic E-state index is 0.121. The monoisotopic (exact) mass is 267 g/mol. The summed E-state index contributed by atoms with van der Waals surface area (Å²) in [6, 6.07) is 16.4. The molecule has 0 fully saturated rings. The van der Waals surface area contributed by atoms with Crippen molar-refractivity contribution in [2.75, 3.05) is 11.4 Å². The third kappa shape index (κ3) is 3.18. The maximum atomic E-state index is 7.77. The summed E-state index contributed by atoms with van der Waals surface area (Å²) in [6.45, 7) is 5.83. The van der Waals surface area contributed by atoms with E-state index in [1.165, 1.54) is 5.56 Å². The smallest absolute Gasteiger partial charge is 0.124 e. The first kappa shape index (κ1) is 14.1. The maximum Gasteiger partial charge on any atom is 0.124 e. The Hall–Kier alpha value is -2.29. The van der Waals surface area contributed by atoms with Crippen molar-refractivity contribution in [2.24, 2.45) is 5.73 Å². The van der Waals surface area contributed by atoms with E-state index in [9.17, 15) is 0 Å². The highest BCUT2D eigenvalue weighted by atomic mass is 15.1. The Kier molecular flexibility index (Phi) is 4.41. The molecule has 0 amide bonds. The van der Waals surface area contributed by atoms with Crippen molar-refractivity contribution in [3.63, 3.8) is 0 Å². The molecule has 104 valence electrons. The van der Waals surface area contributed by atoms with E-state index in [4.69, 9.17) is 11.1 Å². The van der Waals surface area contributed by atoms with E-state index in [2.05, 4.69) is 36.1 Å². The third-order valence-electron chi connectivity index (χ3n) is 3.38. The number of anilines is 1.